The van der Waals surface area contributed by atoms with Crippen molar-refractivity contribution < 1.29 is 23.1 Å². The van der Waals surface area contributed by atoms with Gasteiger partial charge in [0.15, 0.2) is 6.10 Å². The molecule has 1 heterocycles. The highest BCUT2D eigenvalue weighted by Gasteiger charge is 2.20. The number of halogens is 2. The molecule has 23 heavy (non-hydrogen) atoms. The van der Waals surface area contributed by atoms with E-state index in [9.17, 15) is 18.4 Å². The molecular formula is C16H15F2NO3S. The van der Waals surface area contributed by atoms with Gasteiger partial charge in [-0.2, -0.15) is 0 Å². The maximum absolute atomic E-state index is 13.5. The van der Waals surface area contributed by atoms with E-state index in [0.717, 1.165) is 17.0 Å². The Hall–Kier alpha value is -2.28. The number of esters is 1. The maximum Gasteiger partial charge on any atom is 0.306 e. The number of nitrogens with one attached hydrogen (secondary N) is 1. The van der Waals surface area contributed by atoms with Crippen LogP contribution in [0.3, 0.4) is 0 Å². The first-order valence-corrected chi connectivity index (χ1v) is 7.82. The number of amides is 1. The van der Waals surface area contributed by atoms with Gasteiger partial charge in [0.1, 0.15) is 17.3 Å². The number of aryl methyl sites for hydroxylation is 1. The number of para-hydroxylation sites is 1. The highest BCUT2D eigenvalue weighted by molar-refractivity contribution is 7.09. The predicted molar refractivity (Wildman–Crippen MR) is 83.2 cm³/mol. The molecule has 1 aromatic carbocycles. The Morgan fingerprint density at radius 1 is 1.22 bits per heavy atom. The van der Waals surface area contributed by atoms with Gasteiger partial charge >= 0.3 is 5.97 Å². The summed E-state index contributed by atoms with van der Waals surface area (Å²) in [5.41, 5.74) is -0.556. The Labute approximate surface area is 136 Å². The van der Waals surface area contributed by atoms with Gasteiger partial charge in [0.05, 0.1) is 6.42 Å². The molecule has 0 unspecified atom stereocenters. The summed E-state index contributed by atoms with van der Waals surface area (Å²) in [6.07, 6.45) is -0.497. The van der Waals surface area contributed by atoms with Crippen molar-refractivity contribution in [2.45, 2.75) is 25.9 Å². The maximum atomic E-state index is 13.5. The average Bonchev–Trinajstić information content (AvgIpc) is 3.02. The number of hydrogen-bond donors (Lipinski definition) is 1. The molecule has 0 fully saturated rings. The van der Waals surface area contributed by atoms with Crippen molar-refractivity contribution in [3.63, 3.8) is 0 Å². The zero-order chi connectivity index (χ0) is 16.8. The zero-order valence-corrected chi connectivity index (χ0v) is 13.2. The van der Waals surface area contributed by atoms with E-state index < -0.39 is 35.3 Å². The summed E-state index contributed by atoms with van der Waals surface area (Å²) >= 11 is 1.52. The van der Waals surface area contributed by atoms with Crippen LogP contribution < -0.4 is 5.32 Å². The van der Waals surface area contributed by atoms with E-state index in [1.165, 1.54) is 24.3 Å². The number of hydrogen-bond acceptors (Lipinski definition) is 4. The molecule has 1 aromatic heterocycles. The Morgan fingerprint density at radius 2 is 1.91 bits per heavy atom. The number of ether oxygens (including phenoxy) is 1. The molecule has 1 N–H and O–H groups in total. The number of benzene rings is 1. The summed E-state index contributed by atoms with van der Waals surface area (Å²) < 4.78 is 31.9. The van der Waals surface area contributed by atoms with Crippen LogP contribution in [0.1, 0.15) is 18.2 Å². The normalized spacial score (nSPS) is 11.8. The van der Waals surface area contributed by atoms with Crippen molar-refractivity contribution in [2.75, 3.05) is 5.32 Å². The molecule has 0 aliphatic rings. The van der Waals surface area contributed by atoms with Crippen molar-refractivity contribution in [3.8, 4) is 0 Å². The molecule has 1 atom stereocenters. The highest BCUT2D eigenvalue weighted by Crippen LogP contribution is 2.18. The van der Waals surface area contributed by atoms with Crippen LogP contribution in [0.15, 0.2) is 35.7 Å². The first-order chi connectivity index (χ1) is 11.0. The van der Waals surface area contributed by atoms with Gasteiger partial charge in [-0.3, -0.25) is 9.59 Å². The van der Waals surface area contributed by atoms with E-state index in [2.05, 4.69) is 5.32 Å². The predicted octanol–water partition coefficient (Wildman–Crippen LogP) is 3.53. The summed E-state index contributed by atoms with van der Waals surface area (Å²) in [6, 6.07) is 7.01. The molecule has 4 nitrogen and oxygen atoms in total. The van der Waals surface area contributed by atoms with Gasteiger partial charge in [-0.25, -0.2) is 8.78 Å². The highest BCUT2D eigenvalue weighted by atomic mass is 32.1. The van der Waals surface area contributed by atoms with Gasteiger partial charge in [-0.15, -0.1) is 11.3 Å². The molecule has 1 amide bonds. The molecule has 0 aliphatic heterocycles. The summed E-state index contributed by atoms with van der Waals surface area (Å²) in [6.45, 7) is 1.34. The summed E-state index contributed by atoms with van der Waals surface area (Å²) in [5, 5.41) is 3.99. The van der Waals surface area contributed by atoms with Crippen LogP contribution in [0.5, 0.6) is 0 Å². The molecule has 7 heteroatoms. The van der Waals surface area contributed by atoms with Crippen LogP contribution in [0.4, 0.5) is 14.5 Å². The molecule has 0 saturated carbocycles. The lowest BCUT2D eigenvalue weighted by molar-refractivity contribution is -0.153. The smallest absolute Gasteiger partial charge is 0.306 e. The molecule has 0 radical (unpaired) electrons. The summed E-state index contributed by atoms with van der Waals surface area (Å²) in [5.74, 6) is -3.13. The van der Waals surface area contributed by atoms with Crippen molar-refractivity contribution in [1.29, 1.82) is 0 Å². The van der Waals surface area contributed by atoms with Crippen LogP contribution in [-0.4, -0.2) is 18.0 Å². The van der Waals surface area contributed by atoms with Crippen molar-refractivity contribution in [3.05, 3.63) is 52.2 Å². The molecule has 0 bridgehead atoms. The Balaban J connectivity index is 1.86. The second-order valence-electron chi connectivity index (χ2n) is 4.80. The van der Waals surface area contributed by atoms with Crippen LogP contribution in [0, 0.1) is 11.6 Å². The number of thiophene rings is 1. The monoisotopic (exact) mass is 339 g/mol. The van der Waals surface area contributed by atoms with Crippen molar-refractivity contribution in [1.82, 2.24) is 0 Å². The zero-order valence-electron chi connectivity index (χ0n) is 12.3. The van der Waals surface area contributed by atoms with Gasteiger partial charge in [-0.1, -0.05) is 12.1 Å². The minimum atomic E-state index is -1.15. The molecule has 2 rings (SSSR count). The van der Waals surface area contributed by atoms with Crippen molar-refractivity contribution in [2.24, 2.45) is 0 Å². The minimum Gasteiger partial charge on any atom is -0.453 e. The van der Waals surface area contributed by atoms with E-state index in [4.69, 9.17) is 4.74 Å². The van der Waals surface area contributed by atoms with Crippen LogP contribution in [0.25, 0.3) is 0 Å². The fourth-order valence-electron chi connectivity index (χ4n) is 1.83. The molecule has 0 aliphatic carbocycles. The Morgan fingerprint density at radius 3 is 2.52 bits per heavy atom. The Bertz CT molecular complexity index is 668. The van der Waals surface area contributed by atoms with Gasteiger partial charge in [0.2, 0.25) is 0 Å². The third-order valence-electron chi connectivity index (χ3n) is 3.04. The number of carbonyl (C=O) groups excluding carboxylic acids is 2. The first kappa shape index (κ1) is 17.1. The molecular weight excluding hydrogens is 324 g/mol. The van der Waals surface area contributed by atoms with E-state index in [1.807, 2.05) is 17.5 Å². The van der Waals surface area contributed by atoms with Crippen molar-refractivity contribution >= 4 is 28.9 Å². The SMILES string of the molecule is C[C@@H](OC(=O)CCc1cccs1)C(=O)Nc1c(F)cccc1F. The first-order valence-electron chi connectivity index (χ1n) is 6.94. The fraction of sp³-hybridized carbons (Fsp3) is 0.250. The standard InChI is InChI=1S/C16H15F2NO3S/c1-10(22-14(20)8-7-11-4-3-9-23-11)16(21)19-15-12(17)5-2-6-13(15)18/h2-6,9-10H,7-8H2,1H3,(H,19,21)/t10-/m1/s1. The third-order valence-corrected chi connectivity index (χ3v) is 3.98. The van der Waals surface area contributed by atoms with Crippen LogP contribution in [0.2, 0.25) is 0 Å². The summed E-state index contributed by atoms with van der Waals surface area (Å²) in [4.78, 5) is 24.6. The second kappa shape index (κ2) is 7.82. The van der Waals surface area contributed by atoms with Gasteiger partial charge in [0.25, 0.3) is 5.91 Å². The molecule has 0 saturated heterocycles. The van der Waals surface area contributed by atoms with E-state index >= 15 is 0 Å². The summed E-state index contributed by atoms with van der Waals surface area (Å²) in [7, 11) is 0. The fourth-order valence-corrected chi connectivity index (χ4v) is 2.54. The van der Waals surface area contributed by atoms with Gasteiger partial charge < -0.3 is 10.1 Å². The lowest BCUT2D eigenvalue weighted by Crippen LogP contribution is -2.30. The third kappa shape index (κ3) is 4.85. The lowest BCUT2D eigenvalue weighted by Gasteiger charge is -2.14. The van der Waals surface area contributed by atoms with Gasteiger partial charge in [0, 0.05) is 4.88 Å². The molecule has 2 aromatic rings. The molecule has 122 valence electrons. The topological polar surface area (TPSA) is 55.4 Å². The van der Waals surface area contributed by atoms with E-state index in [1.54, 1.807) is 0 Å². The minimum absolute atomic E-state index is 0.131. The Kier molecular flexibility index (Phi) is 5.81. The van der Waals surface area contributed by atoms with Crippen LogP contribution in [-0.2, 0) is 20.7 Å². The number of rotatable bonds is 6. The lowest BCUT2D eigenvalue weighted by atomic mass is 10.2. The van der Waals surface area contributed by atoms with Crippen LogP contribution >= 0.6 is 11.3 Å². The van der Waals surface area contributed by atoms with E-state index in [-0.39, 0.29) is 6.42 Å². The van der Waals surface area contributed by atoms with Gasteiger partial charge in [-0.05, 0) is 36.9 Å². The average molecular weight is 339 g/mol. The number of anilines is 1. The number of carbonyl (C=O) groups is 2. The quantitative estimate of drug-likeness (QED) is 0.819. The molecule has 0 spiro atoms. The largest absolute Gasteiger partial charge is 0.453 e. The second-order valence-corrected chi connectivity index (χ2v) is 5.83. The van der Waals surface area contributed by atoms with E-state index in [0.29, 0.717) is 6.42 Å².